The molecule has 0 spiro atoms. The third kappa shape index (κ3) is 2.83. The summed E-state index contributed by atoms with van der Waals surface area (Å²) in [5, 5.41) is 0. The van der Waals surface area contributed by atoms with Crippen LogP contribution in [-0.2, 0) is 4.79 Å². The van der Waals surface area contributed by atoms with Gasteiger partial charge in [-0.3, -0.25) is 4.79 Å². The molecule has 1 aliphatic carbocycles. The van der Waals surface area contributed by atoms with E-state index >= 15 is 0 Å². The van der Waals surface area contributed by atoms with Crippen molar-refractivity contribution in [2.45, 2.75) is 38.5 Å². The van der Waals surface area contributed by atoms with Crippen LogP contribution in [0.5, 0.6) is 0 Å². The van der Waals surface area contributed by atoms with Crippen molar-refractivity contribution in [1.82, 2.24) is 4.90 Å². The van der Waals surface area contributed by atoms with Crippen molar-refractivity contribution in [3.05, 3.63) is 35.9 Å². The van der Waals surface area contributed by atoms with Crippen LogP contribution in [0.15, 0.2) is 30.3 Å². The molecule has 2 nitrogen and oxygen atoms in total. The molecule has 1 heterocycles. The lowest BCUT2D eigenvalue weighted by Crippen LogP contribution is -2.33. The van der Waals surface area contributed by atoms with E-state index in [2.05, 4.69) is 36.1 Å². The Labute approximate surface area is 115 Å². The summed E-state index contributed by atoms with van der Waals surface area (Å²) in [5.74, 6) is 1.93. The van der Waals surface area contributed by atoms with E-state index in [0.29, 0.717) is 11.8 Å². The molecule has 1 aromatic rings. The van der Waals surface area contributed by atoms with Crippen LogP contribution in [0.4, 0.5) is 0 Å². The van der Waals surface area contributed by atoms with Crippen molar-refractivity contribution >= 4 is 5.91 Å². The minimum atomic E-state index is 0.260. The van der Waals surface area contributed by atoms with Gasteiger partial charge in [-0.05, 0) is 43.1 Å². The summed E-state index contributed by atoms with van der Waals surface area (Å²) in [6.45, 7) is 4.25. The summed E-state index contributed by atoms with van der Waals surface area (Å²) in [6, 6.07) is 10.5. The maximum absolute atomic E-state index is 12.5. The molecule has 1 aliphatic heterocycles. The molecule has 0 N–H and O–H groups in total. The number of carbonyl (C=O) groups is 1. The minimum Gasteiger partial charge on any atom is -0.342 e. The van der Waals surface area contributed by atoms with E-state index in [9.17, 15) is 4.79 Å². The second kappa shape index (κ2) is 5.36. The Hall–Kier alpha value is -1.31. The highest BCUT2D eigenvalue weighted by molar-refractivity contribution is 5.83. The summed E-state index contributed by atoms with van der Waals surface area (Å²) >= 11 is 0. The van der Waals surface area contributed by atoms with Crippen LogP contribution in [0, 0.1) is 11.8 Å². The Bertz CT molecular complexity index is 442. The van der Waals surface area contributed by atoms with Crippen LogP contribution < -0.4 is 0 Å². The SMILES string of the molecule is C[C@@H]1CCCN(C(=O)[C@H]2C[C@H]2c2ccccc2)CC1. The van der Waals surface area contributed by atoms with Crippen molar-refractivity contribution < 1.29 is 4.79 Å². The van der Waals surface area contributed by atoms with Crippen molar-refractivity contribution in [3.8, 4) is 0 Å². The maximum Gasteiger partial charge on any atom is 0.226 e. The molecule has 0 radical (unpaired) electrons. The summed E-state index contributed by atoms with van der Waals surface area (Å²) in [6.07, 6.45) is 4.68. The van der Waals surface area contributed by atoms with E-state index in [-0.39, 0.29) is 5.92 Å². The lowest BCUT2D eigenvalue weighted by Gasteiger charge is -2.20. The molecule has 0 unspecified atom stereocenters. The van der Waals surface area contributed by atoms with Crippen LogP contribution in [0.2, 0.25) is 0 Å². The second-order valence-electron chi connectivity index (χ2n) is 6.22. The first-order chi connectivity index (χ1) is 9.25. The molecule has 2 aliphatic rings. The van der Waals surface area contributed by atoms with E-state index in [4.69, 9.17) is 0 Å². The van der Waals surface area contributed by atoms with Gasteiger partial charge in [0.25, 0.3) is 0 Å². The number of hydrogen-bond donors (Lipinski definition) is 0. The van der Waals surface area contributed by atoms with Crippen LogP contribution in [-0.4, -0.2) is 23.9 Å². The van der Waals surface area contributed by atoms with E-state index in [1.165, 1.54) is 24.8 Å². The predicted octanol–water partition coefficient (Wildman–Crippen LogP) is 3.44. The van der Waals surface area contributed by atoms with Gasteiger partial charge in [0.1, 0.15) is 0 Å². The second-order valence-corrected chi connectivity index (χ2v) is 6.22. The summed E-state index contributed by atoms with van der Waals surface area (Å²) in [5.41, 5.74) is 1.34. The highest BCUT2D eigenvalue weighted by Gasteiger charge is 2.45. The van der Waals surface area contributed by atoms with E-state index in [1.54, 1.807) is 0 Å². The number of likely N-dealkylation sites (tertiary alicyclic amines) is 1. The summed E-state index contributed by atoms with van der Waals surface area (Å²) < 4.78 is 0. The summed E-state index contributed by atoms with van der Waals surface area (Å²) in [4.78, 5) is 14.7. The Morgan fingerprint density at radius 2 is 1.95 bits per heavy atom. The van der Waals surface area contributed by atoms with Crippen LogP contribution >= 0.6 is 0 Å². The number of amides is 1. The van der Waals surface area contributed by atoms with Gasteiger partial charge in [0.2, 0.25) is 5.91 Å². The van der Waals surface area contributed by atoms with Crippen molar-refractivity contribution in [2.75, 3.05) is 13.1 Å². The zero-order valence-corrected chi connectivity index (χ0v) is 11.7. The smallest absolute Gasteiger partial charge is 0.226 e. The van der Waals surface area contributed by atoms with Crippen molar-refractivity contribution in [3.63, 3.8) is 0 Å². The van der Waals surface area contributed by atoms with Gasteiger partial charge in [0.15, 0.2) is 0 Å². The average Bonchev–Trinajstić information content (AvgIpc) is 3.23. The third-order valence-corrected chi connectivity index (χ3v) is 4.66. The number of benzene rings is 1. The zero-order chi connectivity index (χ0) is 13.2. The highest BCUT2D eigenvalue weighted by atomic mass is 16.2. The molecule has 19 heavy (non-hydrogen) atoms. The number of rotatable bonds is 2. The third-order valence-electron chi connectivity index (χ3n) is 4.66. The Kier molecular flexibility index (Phi) is 3.58. The molecule has 102 valence electrons. The molecule has 1 aromatic carbocycles. The van der Waals surface area contributed by atoms with Gasteiger partial charge in [0, 0.05) is 19.0 Å². The molecular weight excluding hydrogens is 234 g/mol. The fourth-order valence-electron chi connectivity index (χ4n) is 3.25. The van der Waals surface area contributed by atoms with Gasteiger partial charge in [-0.15, -0.1) is 0 Å². The zero-order valence-electron chi connectivity index (χ0n) is 11.7. The topological polar surface area (TPSA) is 20.3 Å². The molecule has 1 amide bonds. The van der Waals surface area contributed by atoms with Crippen molar-refractivity contribution in [2.24, 2.45) is 11.8 Å². The lowest BCUT2D eigenvalue weighted by atomic mass is 10.0. The minimum absolute atomic E-state index is 0.260. The molecule has 0 aromatic heterocycles. The van der Waals surface area contributed by atoms with Gasteiger partial charge in [0.05, 0.1) is 0 Å². The Balaban J connectivity index is 1.60. The van der Waals surface area contributed by atoms with Gasteiger partial charge in [-0.1, -0.05) is 37.3 Å². The Morgan fingerprint density at radius 1 is 1.16 bits per heavy atom. The summed E-state index contributed by atoms with van der Waals surface area (Å²) in [7, 11) is 0. The van der Waals surface area contributed by atoms with Gasteiger partial charge < -0.3 is 4.90 Å². The molecule has 3 atom stereocenters. The highest BCUT2D eigenvalue weighted by Crippen LogP contribution is 2.48. The molecule has 0 bridgehead atoms. The lowest BCUT2D eigenvalue weighted by molar-refractivity contribution is -0.132. The van der Waals surface area contributed by atoms with E-state index in [0.717, 1.165) is 25.4 Å². The largest absolute Gasteiger partial charge is 0.342 e. The fraction of sp³-hybridized carbons (Fsp3) is 0.588. The standard InChI is InChI=1S/C17H23NO/c1-13-6-5-10-18(11-9-13)17(19)16-12-15(16)14-7-3-2-4-8-14/h2-4,7-8,13,15-16H,5-6,9-12H2,1H3/t13-,15+,16+/m1/s1. The maximum atomic E-state index is 12.5. The molecular formula is C17H23NO. The van der Waals surface area contributed by atoms with Crippen LogP contribution in [0.25, 0.3) is 0 Å². The number of carbonyl (C=O) groups excluding carboxylic acids is 1. The number of hydrogen-bond acceptors (Lipinski definition) is 1. The monoisotopic (exact) mass is 257 g/mol. The van der Waals surface area contributed by atoms with E-state index in [1.807, 2.05) is 6.07 Å². The molecule has 2 fully saturated rings. The molecule has 1 saturated carbocycles. The first kappa shape index (κ1) is 12.7. The molecule has 3 rings (SSSR count). The first-order valence-electron chi connectivity index (χ1n) is 7.59. The van der Waals surface area contributed by atoms with E-state index < -0.39 is 0 Å². The normalized spacial score (nSPS) is 30.8. The predicted molar refractivity (Wildman–Crippen MR) is 76.9 cm³/mol. The average molecular weight is 257 g/mol. The molecule has 2 heteroatoms. The van der Waals surface area contributed by atoms with Gasteiger partial charge in [-0.25, -0.2) is 0 Å². The Morgan fingerprint density at radius 3 is 2.74 bits per heavy atom. The fourth-order valence-corrected chi connectivity index (χ4v) is 3.25. The number of nitrogens with zero attached hydrogens (tertiary/aromatic N) is 1. The first-order valence-corrected chi connectivity index (χ1v) is 7.59. The van der Waals surface area contributed by atoms with Gasteiger partial charge >= 0.3 is 0 Å². The van der Waals surface area contributed by atoms with Gasteiger partial charge in [-0.2, -0.15) is 0 Å². The van der Waals surface area contributed by atoms with Crippen LogP contribution in [0.3, 0.4) is 0 Å². The quantitative estimate of drug-likeness (QED) is 0.794. The van der Waals surface area contributed by atoms with Crippen molar-refractivity contribution in [1.29, 1.82) is 0 Å². The molecule has 1 saturated heterocycles. The van der Waals surface area contributed by atoms with Crippen LogP contribution in [0.1, 0.15) is 44.1 Å².